The average molecular weight is 334 g/mol. The summed E-state index contributed by atoms with van der Waals surface area (Å²) in [5, 5.41) is 11.3. The Balaban J connectivity index is 2.76. The number of carbonyl (C=O) groups excluding carboxylic acids is 1. The number of hydrogen-bond donors (Lipinski definition) is 2. The summed E-state index contributed by atoms with van der Waals surface area (Å²) < 4.78 is 10.8. The number of ether oxygens (including phenoxy) is 1. The number of carboxylic acids is 1. The highest BCUT2D eigenvalue weighted by atomic mass is 79.9. The van der Waals surface area contributed by atoms with E-state index in [1.807, 2.05) is 0 Å². The third kappa shape index (κ3) is 5.78. The van der Waals surface area contributed by atoms with Crippen LogP contribution in [-0.2, 0) is 9.53 Å². The molecule has 0 aliphatic heterocycles. The minimum Gasteiger partial charge on any atom is -0.481 e. The number of carbonyl (C=O) groups is 2. The van der Waals surface area contributed by atoms with Crippen molar-refractivity contribution in [2.24, 2.45) is 0 Å². The van der Waals surface area contributed by atoms with Gasteiger partial charge in [0.25, 0.3) is 0 Å². The molecule has 0 radical (unpaired) electrons. The zero-order valence-electron chi connectivity index (χ0n) is 10.9. The second-order valence-corrected chi connectivity index (χ2v) is 5.72. The molecule has 1 amide bonds. The Bertz CT molecular complexity index is 463. The molecular weight excluding hydrogens is 318 g/mol. The van der Waals surface area contributed by atoms with Crippen molar-refractivity contribution in [3.8, 4) is 0 Å². The van der Waals surface area contributed by atoms with Gasteiger partial charge in [-0.05, 0) is 48.8 Å². The van der Waals surface area contributed by atoms with E-state index < -0.39 is 23.7 Å². The summed E-state index contributed by atoms with van der Waals surface area (Å²) in [5.41, 5.74) is -0.651. The van der Waals surface area contributed by atoms with Gasteiger partial charge in [-0.1, -0.05) is 0 Å². The van der Waals surface area contributed by atoms with Gasteiger partial charge in [-0.25, -0.2) is 4.79 Å². The van der Waals surface area contributed by atoms with Crippen LogP contribution in [0.3, 0.4) is 0 Å². The molecule has 0 saturated heterocycles. The van der Waals surface area contributed by atoms with E-state index in [2.05, 4.69) is 21.2 Å². The maximum Gasteiger partial charge on any atom is 0.408 e. The Hall–Kier alpha value is -1.50. The predicted molar refractivity (Wildman–Crippen MR) is 70.8 cm³/mol. The number of hydrogen-bond acceptors (Lipinski definition) is 4. The van der Waals surface area contributed by atoms with Gasteiger partial charge < -0.3 is 19.6 Å². The molecule has 1 atom stereocenters. The third-order valence-electron chi connectivity index (χ3n) is 2.01. The number of furan rings is 1. The fourth-order valence-electron chi connectivity index (χ4n) is 1.36. The first kappa shape index (κ1) is 15.6. The van der Waals surface area contributed by atoms with Crippen LogP contribution >= 0.6 is 15.9 Å². The summed E-state index contributed by atoms with van der Waals surface area (Å²) in [4.78, 5) is 22.5. The summed E-state index contributed by atoms with van der Waals surface area (Å²) >= 11 is 3.12. The van der Waals surface area contributed by atoms with Crippen molar-refractivity contribution in [1.82, 2.24) is 5.32 Å². The van der Waals surface area contributed by atoms with Gasteiger partial charge >= 0.3 is 12.1 Å². The zero-order valence-corrected chi connectivity index (χ0v) is 12.5. The van der Waals surface area contributed by atoms with E-state index in [1.54, 1.807) is 32.9 Å². The molecule has 1 rings (SSSR count). The molecule has 2 N–H and O–H groups in total. The maximum absolute atomic E-state index is 11.7. The molecule has 0 fully saturated rings. The van der Waals surface area contributed by atoms with Gasteiger partial charge in [-0.15, -0.1) is 0 Å². The number of alkyl carbamates (subject to hydrolysis) is 1. The standard InChI is InChI=1S/C12H16BrNO5/c1-12(2,3)19-11(17)14-7(6-10(15)16)8-4-5-9(13)18-8/h4-5,7H,6H2,1-3H3,(H,14,17)(H,15,16)/t7-/m0/s1. The largest absolute Gasteiger partial charge is 0.481 e. The molecule has 0 saturated carbocycles. The first-order valence-corrected chi connectivity index (χ1v) is 6.43. The van der Waals surface area contributed by atoms with Crippen molar-refractivity contribution in [3.05, 3.63) is 22.6 Å². The predicted octanol–water partition coefficient (Wildman–Crippen LogP) is 3.08. The van der Waals surface area contributed by atoms with Gasteiger partial charge in [-0.2, -0.15) is 0 Å². The van der Waals surface area contributed by atoms with Crippen LogP contribution in [0.5, 0.6) is 0 Å². The summed E-state index contributed by atoms with van der Waals surface area (Å²) in [6.07, 6.45) is -0.981. The lowest BCUT2D eigenvalue weighted by atomic mass is 10.1. The molecule has 0 bridgehead atoms. The molecule has 0 aliphatic carbocycles. The van der Waals surface area contributed by atoms with E-state index in [1.165, 1.54) is 0 Å². The van der Waals surface area contributed by atoms with Crippen LogP contribution in [0.4, 0.5) is 4.79 Å². The van der Waals surface area contributed by atoms with Crippen LogP contribution in [-0.4, -0.2) is 22.8 Å². The normalized spacial score (nSPS) is 12.8. The second kappa shape index (κ2) is 6.10. The zero-order chi connectivity index (χ0) is 14.6. The molecule has 0 spiro atoms. The summed E-state index contributed by atoms with van der Waals surface area (Å²) in [6.45, 7) is 5.17. The number of aliphatic carboxylic acids is 1. The second-order valence-electron chi connectivity index (χ2n) is 4.94. The van der Waals surface area contributed by atoms with Crippen molar-refractivity contribution >= 4 is 28.0 Å². The molecule has 0 aliphatic rings. The van der Waals surface area contributed by atoms with Crippen LogP contribution in [0.2, 0.25) is 0 Å². The molecule has 1 aromatic rings. The summed E-state index contributed by atoms with van der Waals surface area (Å²) in [7, 11) is 0. The van der Waals surface area contributed by atoms with E-state index in [0.29, 0.717) is 10.4 Å². The molecular formula is C12H16BrNO5. The number of nitrogens with one attached hydrogen (secondary N) is 1. The van der Waals surface area contributed by atoms with Crippen LogP contribution in [0.1, 0.15) is 39.0 Å². The van der Waals surface area contributed by atoms with Crippen LogP contribution in [0.15, 0.2) is 21.2 Å². The number of amides is 1. The molecule has 7 heteroatoms. The Morgan fingerprint density at radius 2 is 2.11 bits per heavy atom. The molecule has 0 aromatic carbocycles. The van der Waals surface area contributed by atoms with Gasteiger partial charge in [0.05, 0.1) is 6.42 Å². The van der Waals surface area contributed by atoms with Gasteiger partial charge in [0.1, 0.15) is 17.4 Å². The molecule has 1 aromatic heterocycles. The average Bonchev–Trinajstić information content (AvgIpc) is 2.60. The first-order valence-electron chi connectivity index (χ1n) is 5.64. The number of rotatable bonds is 4. The topological polar surface area (TPSA) is 88.8 Å². The van der Waals surface area contributed by atoms with E-state index in [9.17, 15) is 9.59 Å². The van der Waals surface area contributed by atoms with E-state index in [4.69, 9.17) is 14.3 Å². The van der Waals surface area contributed by atoms with Gasteiger partial charge in [0.15, 0.2) is 4.67 Å². The molecule has 106 valence electrons. The van der Waals surface area contributed by atoms with Crippen molar-refractivity contribution in [3.63, 3.8) is 0 Å². The lowest BCUT2D eigenvalue weighted by molar-refractivity contribution is -0.137. The van der Waals surface area contributed by atoms with Crippen LogP contribution < -0.4 is 5.32 Å². The van der Waals surface area contributed by atoms with Crippen molar-refractivity contribution in [2.45, 2.75) is 38.8 Å². The number of halogens is 1. The first-order chi connectivity index (χ1) is 8.67. The van der Waals surface area contributed by atoms with Crippen LogP contribution in [0.25, 0.3) is 0 Å². The Morgan fingerprint density at radius 1 is 1.47 bits per heavy atom. The van der Waals surface area contributed by atoms with Gasteiger partial charge in [-0.3, -0.25) is 4.79 Å². The van der Waals surface area contributed by atoms with Crippen LogP contribution in [0, 0.1) is 0 Å². The minimum atomic E-state index is -1.05. The Morgan fingerprint density at radius 3 is 2.53 bits per heavy atom. The highest BCUT2D eigenvalue weighted by Crippen LogP contribution is 2.23. The van der Waals surface area contributed by atoms with Crippen molar-refractivity contribution in [2.75, 3.05) is 0 Å². The van der Waals surface area contributed by atoms with Crippen molar-refractivity contribution in [1.29, 1.82) is 0 Å². The fourth-order valence-corrected chi connectivity index (χ4v) is 1.68. The Kier molecular flexibility index (Phi) is 4.99. The van der Waals surface area contributed by atoms with E-state index >= 15 is 0 Å². The summed E-state index contributed by atoms with van der Waals surface area (Å²) in [5.74, 6) is -0.700. The molecule has 19 heavy (non-hydrogen) atoms. The third-order valence-corrected chi connectivity index (χ3v) is 2.43. The quantitative estimate of drug-likeness (QED) is 0.883. The minimum absolute atomic E-state index is 0.292. The summed E-state index contributed by atoms with van der Waals surface area (Å²) in [6, 6.07) is 2.44. The fraction of sp³-hybridized carbons (Fsp3) is 0.500. The van der Waals surface area contributed by atoms with Gasteiger partial charge in [0, 0.05) is 0 Å². The smallest absolute Gasteiger partial charge is 0.408 e. The highest BCUT2D eigenvalue weighted by Gasteiger charge is 2.24. The Labute approximate surface area is 119 Å². The lowest BCUT2D eigenvalue weighted by Gasteiger charge is -2.22. The van der Waals surface area contributed by atoms with Gasteiger partial charge in [0.2, 0.25) is 0 Å². The highest BCUT2D eigenvalue weighted by molar-refractivity contribution is 9.10. The van der Waals surface area contributed by atoms with E-state index in [0.717, 1.165) is 0 Å². The SMILES string of the molecule is CC(C)(C)OC(=O)N[C@@H](CC(=O)O)c1ccc(Br)o1. The van der Waals surface area contributed by atoms with Crippen molar-refractivity contribution < 1.29 is 23.8 Å². The number of carboxylic acid groups (broad SMARTS) is 1. The maximum atomic E-state index is 11.7. The molecule has 1 heterocycles. The molecule has 0 unspecified atom stereocenters. The monoisotopic (exact) mass is 333 g/mol. The lowest BCUT2D eigenvalue weighted by Crippen LogP contribution is -2.35. The molecule has 6 nitrogen and oxygen atoms in total. The van der Waals surface area contributed by atoms with E-state index in [-0.39, 0.29) is 6.42 Å².